The van der Waals surface area contributed by atoms with Crippen molar-refractivity contribution in [2.45, 2.75) is 32.5 Å². The van der Waals surface area contributed by atoms with Gasteiger partial charge in [0.25, 0.3) is 0 Å². The van der Waals surface area contributed by atoms with Crippen LogP contribution in [0.4, 0.5) is 5.69 Å². The Hall–Kier alpha value is -2.08. The number of nitrogens with zero attached hydrogens (tertiary/aromatic N) is 3. The maximum Gasteiger partial charge on any atom is 0.123 e. The van der Waals surface area contributed by atoms with Gasteiger partial charge in [-0.05, 0) is 48.2 Å². The summed E-state index contributed by atoms with van der Waals surface area (Å²) in [6.07, 6.45) is 2.64. The van der Waals surface area contributed by atoms with Crippen molar-refractivity contribution in [3.8, 4) is 5.75 Å². The largest absolute Gasteiger partial charge is 0.492 e. The number of rotatable bonds is 5. The molecule has 0 spiro atoms. The Morgan fingerprint density at radius 2 is 1.40 bits per heavy atom. The molecule has 2 fully saturated rings. The van der Waals surface area contributed by atoms with Gasteiger partial charge < -0.3 is 14.4 Å². The predicted octanol–water partition coefficient (Wildman–Crippen LogP) is 3.51. The van der Waals surface area contributed by atoms with Crippen LogP contribution < -0.4 is 9.64 Å². The van der Waals surface area contributed by atoms with E-state index in [-0.39, 0.29) is 0 Å². The molecule has 3 aliphatic heterocycles. The molecule has 3 heterocycles. The molecule has 5 rings (SSSR count). The normalized spacial score (nSPS) is 20.6. The Morgan fingerprint density at radius 3 is 2.20 bits per heavy atom. The maximum absolute atomic E-state index is 6.07. The highest BCUT2D eigenvalue weighted by atomic mass is 16.5. The monoisotopic (exact) mass is 407 g/mol. The second-order valence-corrected chi connectivity index (χ2v) is 8.75. The molecule has 0 N–H and O–H groups in total. The molecular weight excluding hydrogens is 374 g/mol. The van der Waals surface area contributed by atoms with Crippen molar-refractivity contribution < 1.29 is 9.47 Å². The summed E-state index contributed by atoms with van der Waals surface area (Å²) in [6.45, 7) is 10.8. The molecule has 0 atom stereocenters. The fraction of sp³-hybridized carbons (Fsp3) is 0.520. The molecule has 0 unspecified atom stereocenters. The van der Waals surface area contributed by atoms with Gasteiger partial charge in [0, 0.05) is 63.6 Å². The van der Waals surface area contributed by atoms with Gasteiger partial charge in [-0.2, -0.15) is 0 Å². The van der Waals surface area contributed by atoms with Gasteiger partial charge >= 0.3 is 0 Å². The Balaban J connectivity index is 1.24. The molecule has 3 aliphatic rings. The van der Waals surface area contributed by atoms with Gasteiger partial charge in [-0.3, -0.25) is 9.80 Å². The summed E-state index contributed by atoms with van der Waals surface area (Å²) in [5.41, 5.74) is 5.43. The average Bonchev–Trinajstić information content (AvgIpc) is 3.24. The topological polar surface area (TPSA) is 28.2 Å². The van der Waals surface area contributed by atoms with Crippen molar-refractivity contribution in [3.63, 3.8) is 0 Å². The molecule has 0 aromatic heterocycles. The van der Waals surface area contributed by atoms with Crippen molar-refractivity contribution in [1.82, 2.24) is 9.80 Å². The van der Waals surface area contributed by atoms with Gasteiger partial charge in [-0.15, -0.1) is 0 Å². The molecular formula is C25H33N3O2. The van der Waals surface area contributed by atoms with Crippen molar-refractivity contribution in [2.24, 2.45) is 0 Å². The lowest BCUT2D eigenvalue weighted by Gasteiger charge is -2.27. The number of morpholine rings is 1. The van der Waals surface area contributed by atoms with Gasteiger partial charge in [0.1, 0.15) is 12.4 Å². The fourth-order valence-electron chi connectivity index (χ4n) is 4.80. The first-order valence-corrected chi connectivity index (χ1v) is 11.4. The Labute approximate surface area is 180 Å². The first-order valence-electron chi connectivity index (χ1n) is 11.4. The highest BCUT2D eigenvalue weighted by Crippen LogP contribution is 2.27. The lowest BCUT2D eigenvalue weighted by molar-refractivity contribution is 0.0342. The van der Waals surface area contributed by atoms with Crippen LogP contribution in [0.2, 0.25) is 0 Å². The van der Waals surface area contributed by atoms with Crippen LogP contribution in [0.15, 0.2) is 42.5 Å². The Kier molecular flexibility index (Phi) is 6.21. The third kappa shape index (κ3) is 4.80. The summed E-state index contributed by atoms with van der Waals surface area (Å²) in [4.78, 5) is 7.48. The van der Waals surface area contributed by atoms with E-state index in [1.807, 2.05) is 0 Å². The zero-order valence-electron chi connectivity index (χ0n) is 17.9. The van der Waals surface area contributed by atoms with E-state index in [9.17, 15) is 0 Å². The maximum atomic E-state index is 6.07. The summed E-state index contributed by atoms with van der Waals surface area (Å²) in [7, 11) is 0. The number of anilines is 1. The number of hydrogen-bond acceptors (Lipinski definition) is 5. The van der Waals surface area contributed by atoms with E-state index < -0.39 is 0 Å². The fourth-order valence-corrected chi connectivity index (χ4v) is 4.80. The molecule has 5 nitrogen and oxygen atoms in total. The second kappa shape index (κ2) is 9.38. The first-order chi connectivity index (χ1) is 14.8. The molecule has 0 saturated carbocycles. The summed E-state index contributed by atoms with van der Waals surface area (Å²) in [5, 5.41) is 0. The molecule has 0 bridgehead atoms. The van der Waals surface area contributed by atoms with Crippen molar-refractivity contribution in [1.29, 1.82) is 0 Å². The lowest BCUT2D eigenvalue weighted by atomic mass is 10.1. The van der Waals surface area contributed by atoms with E-state index in [0.29, 0.717) is 0 Å². The standard InChI is InChI=1S/C25H33N3O2/c1-2-10-28(9-1)24-6-3-21(4-7-24)18-27-13-16-30-25-8-5-22(17-23(25)20-27)19-26-11-14-29-15-12-26/h3-8,17H,1-2,9-16,18-20H2. The summed E-state index contributed by atoms with van der Waals surface area (Å²) in [5.74, 6) is 1.05. The molecule has 2 saturated heterocycles. The Bertz CT molecular complexity index is 827. The minimum absolute atomic E-state index is 0.752. The minimum atomic E-state index is 0.752. The second-order valence-electron chi connectivity index (χ2n) is 8.75. The van der Waals surface area contributed by atoms with Crippen LogP contribution in [-0.2, 0) is 24.4 Å². The molecule has 0 amide bonds. The zero-order valence-corrected chi connectivity index (χ0v) is 17.9. The van der Waals surface area contributed by atoms with Crippen LogP contribution in [0.3, 0.4) is 0 Å². The highest BCUT2D eigenvalue weighted by molar-refractivity contribution is 5.48. The summed E-state index contributed by atoms with van der Waals surface area (Å²) >= 11 is 0. The number of fused-ring (bicyclic) bond motifs is 1. The van der Waals surface area contributed by atoms with E-state index in [1.165, 1.54) is 48.3 Å². The first kappa shape index (κ1) is 19.9. The third-order valence-corrected chi connectivity index (χ3v) is 6.51. The molecule has 5 heteroatoms. The smallest absolute Gasteiger partial charge is 0.123 e. The predicted molar refractivity (Wildman–Crippen MR) is 120 cm³/mol. The van der Waals surface area contributed by atoms with Crippen LogP contribution >= 0.6 is 0 Å². The van der Waals surface area contributed by atoms with Crippen LogP contribution in [0.25, 0.3) is 0 Å². The summed E-state index contributed by atoms with van der Waals surface area (Å²) < 4.78 is 11.5. The molecule has 160 valence electrons. The molecule has 0 aliphatic carbocycles. The van der Waals surface area contributed by atoms with E-state index in [1.54, 1.807) is 0 Å². The van der Waals surface area contributed by atoms with Crippen LogP contribution in [0, 0.1) is 0 Å². The molecule has 0 radical (unpaired) electrons. The SMILES string of the molecule is c1cc2c(cc1CN1CCOCC1)CN(Cc1ccc(N3CCCC3)cc1)CCO2. The van der Waals surface area contributed by atoms with Gasteiger partial charge in [0.15, 0.2) is 0 Å². The van der Waals surface area contributed by atoms with Crippen molar-refractivity contribution in [3.05, 3.63) is 59.2 Å². The third-order valence-electron chi connectivity index (χ3n) is 6.51. The lowest BCUT2D eigenvalue weighted by Crippen LogP contribution is -2.35. The number of ether oxygens (including phenoxy) is 2. The summed E-state index contributed by atoms with van der Waals surface area (Å²) in [6, 6.07) is 15.9. The van der Waals surface area contributed by atoms with Crippen LogP contribution in [0.1, 0.15) is 29.5 Å². The highest BCUT2D eigenvalue weighted by Gasteiger charge is 2.18. The van der Waals surface area contributed by atoms with Crippen molar-refractivity contribution >= 4 is 5.69 Å². The van der Waals surface area contributed by atoms with Gasteiger partial charge in [-0.1, -0.05) is 18.2 Å². The van der Waals surface area contributed by atoms with E-state index in [2.05, 4.69) is 57.2 Å². The van der Waals surface area contributed by atoms with Gasteiger partial charge in [0.2, 0.25) is 0 Å². The van der Waals surface area contributed by atoms with E-state index in [4.69, 9.17) is 9.47 Å². The molecule has 2 aromatic carbocycles. The van der Waals surface area contributed by atoms with Crippen LogP contribution in [-0.4, -0.2) is 62.3 Å². The van der Waals surface area contributed by atoms with Gasteiger partial charge in [-0.25, -0.2) is 0 Å². The van der Waals surface area contributed by atoms with E-state index in [0.717, 1.165) is 64.8 Å². The Morgan fingerprint density at radius 1 is 0.700 bits per heavy atom. The average molecular weight is 408 g/mol. The minimum Gasteiger partial charge on any atom is -0.492 e. The quantitative estimate of drug-likeness (QED) is 0.756. The van der Waals surface area contributed by atoms with Crippen LogP contribution in [0.5, 0.6) is 5.75 Å². The van der Waals surface area contributed by atoms with E-state index >= 15 is 0 Å². The number of benzene rings is 2. The number of hydrogen-bond donors (Lipinski definition) is 0. The van der Waals surface area contributed by atoms with Crippen molar-refractivity contribution in [2.75, 3.05) is 57.4 Å². The zero-order chi connectivity index (χ0) is 20.2. The van der Waals surface area contributed by atoms with Gasteiger partial charge in [0.05, 0.1) is 13.2 Å². The molecule has 30 heavy (non-hydrogen) atoms. The molecule has 2 aromatic rings.